The van der Waals surface area contributed by atoms with Crippen molar-refractivity contribution in [1.29, 1.82) is 0 Å². The van der Waals surface area contributed by atoms with Crippen molar-refractivity contribution < 1.29 is 22.8 Å². The number of nitrogens with zero attached hydrogens (tertiary/aromatic N) is 1. The summed E-state index contributed by atoms with van der Waals surface area (Å²) in [5, 5.41) is 2.70. The maximum absolute atomic E-state index is 12.6. The number of halogens is 3. The number of carbonyl (C=O) groups excluding carboxylic acids is 2. The molecule has 1 aliphatic carbocycles. The Morgan fingerprint density at radius 2 is 1.68 bits per heavy atom. The van der Waals surface area contributed by atoms with Crippen LogP contribution in [-0.2, 0) is 11.0 Å². The van der Waals surface area contributed by atoms with E-state index < -0.39 is 23.3 Å². The van der Waals surface area contributed by atoms with Gasteiger partial charge in [-0.25, -0.2) is 0 Å². The molecule has 9 heteroatoms. The second kappa shape index (κ2) is 8.36. The molecule has 28 heavy (non-hydrogen) atoms. The summed E-state index contributed by atoms with van der Waals surface area (Å²) in [6.07, 6.45) is 1.67. The summed E-state index contributed by atoms with van der Waals surface area (Å²) in [6, 6.07) is 1.35. The molecule has 1 saturated carbocycles. The number of carbonyl (C=O) groups is 2. The summed E-state index contributed by atoms with van der Waals surface area (Å²) in [5.74, 6) is -0.415. The summed E-state index contributed by atoms with van der Waals surface area (Å²) in [7, 11) is 0. The summed E-state index contributed by atoms with van der Waals surface area (Å²) in [5.41, 5.74) is -2.62. The number of aromatic nitrogens is 1. The summed E-state index contributed by atoms with van der Waals surface area (Å²) in [4.78, 5) is 40.2. The number of hydrogen-bond acceptors (Lipinski definition) is 3. The lowest BCUT2D eigenvalue weighted by Gasteiger charge is -2.35. The van der Waals surface area contributed by atoms with Gasteiger partial charge in [0.25, 0.3) is 11.5 Å². The zero-order valence-electron chi connectivity index (χ0n) is 15.5. The highest BCUT2D eigenvalue weighted by Gasteiger charge is 2.33. The second-order valence-corrected chi connectivity index (χ2v) is 7.52. The van der Waals surface area contributed by atoms with Crippen LogP contribution in [0.1, 0.15) is 61.0 Å². The predicted molar refractivity (Wildman–Crippen MR) is 95.7 cm³/mol. The Labute approximate surface area is 160 Å². The van der Waals surface area contributed by atoms with Crippen molar-refractivity contribution in [1.82, 2.24) is 15.2 Å². The molecule has 6 nitrogen and oxygen atoms in total. The maximum Gasteiger partial charge on any atom is 0.431 e. The van der Waals surface area contributed by atoms with E-state index in [-0.39, 0.29) is 23.4 Å². The van der Waals surface area contributed by atoms with E-state index in [1.165, 1.54) is 6.42 Å². The standard InChI is InChI=1S/C19H24F3N3O3/c20-19(21,22)15-7-6-14(17(27)24-15)16(26)23-13-8-10-25(11-9-13)18(28)12-4-2-1-3-5-12/h6-7,12-13H,1-5,8-11H2,(H,23,26)(H,24,27). The Balaban J connectivity index is 1.54. The third kappa shape index (κ3) is 4.74. The topological polar surface area (TPSA) is 82.3 Å². The molecule has 0 spiro atoms. The Hall–Kier alpha value is -2.32. The van der Waals surface area contributed by atoms with Crippen LogP contribution in [0.5, 0.6) is 0 Å². The summed E-state index contributed by atoms with van der Waals surface area (Å²) < 4.78 is 37.8. The van der Waals surface area contributed by atoms with Crippen molar-refractivity contribution >= 4 is 11.8 Å². The van der Waals surface area contributed by atoms with Gasteiger partial charge in [0.05, 0.1) is 0 Å². The molecule has 2 N–H and O–H groups in total. The van der Waals surface area contributed by atoms with Gasteiger partial charge in [-0.2, -0.15) is 13.2 Å². The zero-order valence-corrected chi connectivity index (χ0v) is 15.5. The normalized spacial score (nSPS) is 19.5. The third-order valence-electron chi connectivity index (χ3n) is 5.56. The first-order chi connectivity index (χ1) is 13.3. The second-order valence-electron chi connectivity index (χ2n) is 7.52. The molecular formula is C19H24F3N3O3. The van der Waals surface area contributed by atoms with Crippen LogP contribution in [0.25, 0.3) is 0 Å². The molecule has 0 radical (unpaired) electrons. The maximum atomic E-state index is 12.6. The van der Waals surface area contributed by atoms with Gasteiger partial charge in [0, 0.05) is 25.0 Å². The Kier molecular flexibility index (Phi) is 6.10. The van der Waals surface area contributed by atoms with Crippen LogP contribution in [0, 0.1) is 5.92 Å². The zero-order chi connectivity index (χ0) is 20.3. The lowest BCUT2D eigenvalue weighted by molar-refractivity contribution is -0.141. The number of likely N-dealkylation sites (tertiary alicyclic amines) is 1. The molecular weight excluding hydrogens is 375 g/mol. The first-order valence-electron chi connectivity index (χ1n) is 9.66. The molecule has 0 unspecified atom stereocenters. The van der Waals surface area contributed by atoms with Crippen LogP contribution in [-0.4, -0.2) is 40.8 Å². The highest BCUT2D eigenvalue weighted by molar-refractivity contribution is 5.94. The molecule has 1 aromatic heterocycles. The molecule has 2 fully saturated rings. The van der Waals surface area contributed by atoms with Gasteiger partial charge in [0.2, 0.25) is 5.91 Å². The molecule has 1 saturated heterocycles. The SMILES string of the molecule is O=C(NC1CCN(C(=O)C2CCCCC2)CC1)c1ccc(C(F)(F)F)[nH]c1=O. The molecule has 3 rings (SSSR count). The number of nitrogens with one attached hydrogen (secondary N) is 2. The van der Waals surface area contributed by atoms with Gasteiger partial charge in [-0.15, -0.1) is 0 Å². The van der Waals surface area contributed by atoms with Gasteiger partial charge >= 0.3 is 6.18 Å². The average Bonchev–Trinajstić information content (AvgIpc) is 2.68. The number of piperidine rings is 1. The van der Waals surface area contributed by atoms with Gasteiger partial charge in [0.1, 0.15) is 11.3 Å². The van der Waals surface area contributed by atoms with Gasteiger partial charge in [-0.1, -0.05) is 19.3 Å². The van der Waals surface area contributed by atoms with Crippen molar-refractivity contribution in [2.75, 3.05) is 13.1 Å². The molecule has 1 aromatic rings. The quantitative estimate of drug-likeness (QED) is 0.820. The van der Waals surface area contributed by atoms with E-state index in [4.69, 9.17) is 0 Å². The van der Waals surface area contributed by atoms with Gasteiger partial charge in [-0.3, -0.25) is 14.4 Å². The number of hydrogen-bond donors (Lipinski definition) is 2. The number of amides is 2. The van der Waals surface area contributed by atoms with E-state index in [1.54, 1.807) is 4.98 Å². The average molecular weight is 399 g/mol. The van der Waals surface area contributed by atoms with Crippen LogP contribution in [0.4, 0.5) is 13.2 Å². The monoisotopic (exact) mass is 399 g/mol. The van der Waals surface area contributed by atoms with E-state index in [0.717, 1.165) is 31.7 Å². The Morgan fingerprint density at radius 3 is 2.25 bits per heavy atom. The van der Waals surface area contributed by atoms with E-state index >= 15 is 0 Å². The largest absolute Gasteiger partial charge is 0.431 e. The van der Waals surface area contributed by atoms with Crippen LogP contribution < -0.4 is 10.9 Å². The minimum atomic E-state index is -4.67. The highest BCUT2D eigenvalue weighted by Crippen LogP contribution is 2.27. The fourth-order valence-electron chi connectivity index (χ4n) is 3.93. The van der Waals surface area contributed by atoms with E-state index in [9.17, 15) is 27.6 Å². The van der Waals surface area contributed by atoms with Crippen molar-refractivity contribution in [2.24, 2.45) is 5.92 Å². The predicted octanol–water partition coefficient (Wildman–Crippen LogP) is 2.69. The summed E-state index contributed by atoms with van der Waals surface area (Å²) >= 11 is 0. The van der Waals surface area contributed by atoms with Gasteiger partial charge < -0.3 is 15.2 Å². The van der Waals surface area contributed by atoms with Crippen molar-refractivity contribution in [3.63, 3.8) is 0 Å². The highest BCUT2D eigenvalue weighted by atomic mass is 19.4. The van der Waals surface area contributed by atoms with E-state index in [0.29, 0.717) is 32.0 Å². The lowest BCUT2D eigenvalue weighted by atomic mass is 9.87. The van der Waals surface area contributed by atoms with Gasteiger partial charge in [-0.05, 0) is 37.8 Å². The van der Waals surface area contributed by atoms with Crippen LogP contribution >= 0.6 is 0 Å². The lowest BCUT2D eigenvalue weighted by Crippen LogP contribution is -2.48. The molecule has 0 atom stereocenters. The smallest absolute Gasteiger partial charge is 0.349 e. The molecule has 2 amide bonds. The van der Waals surface area contributed by atoms with Crippen molar-refractivity contribution in [3.05, 3.63) is 33.7 Å². The van der Waals surface area contributed by atoms with Gasteiger partial charge in [0.15, 0.2) is 0 Å². The van der Waals surface area contributed by atoms with E-state index in [1.807, 2.05) is 4.90 Å². The van der Waals surface area contributed by atoms with Crippen LogP contribution in [0.2, 0.25) is 0 Å². The van der Waals surface area contributed by atoms with Crippen molar-refractivity contribution in [2.45, 2.75) is 57.2 Å². The Bertz CT molecular complexity index is 777. The van der Waals surface area contributed by atoms with Crippen LogP contribution in [0.3, 0.4) is 0 Å². The molecule has 154 valence electrons. The van der Waals surface area contributed by atoms with Crippen LogP contribution in [0.15, 0.2) is 16.9 Å². The first kappa shape index (κ1) is 20.4. The number of alkyl halides is 3. The number of aromatic amines is 1. The molecule has 2 heterocycles. The third-order valence-corrected chi connectivity index (χ3v) is 5.56. The Morgan fingerprint density at radius 1 is 1.04 bits per heavy atom. The fraction of sp³-hybridized carbons (Fsp3) is 0.632. The molecule has 0 aromatic carbocycles. The molecule has 0 bridgehead atoms. The fourth-order valence-corrected chi connectivity index (χ4v) is 3.93. The summed E-state index contributed by atoms with van der Waals surface area (Å²) in [6.45, 7) is 1.06. The van der Waals surface area contributed by atoms with Crippen molar-refractivity contribution in [3.8, 4) is 0 Å². The number of pyridine rings is 1. The number of H-pyrrole nitrogens is 1. The van der Waals surface area contributed by atoms with E-state index in [2.05, 4.69) is 5.32 Å². The first-order valence-corrected chi connectivity index (χ1v) is 9.66. The minimum absolute atomic E-state index is 0.102. The minimum Gasteiger partial charge on any atom is -0.349 e. The molecule has 2 aliphatic rings. The molecule has 1 aliphatic heterocycles. The number of rotatable bonds is 3.